The molecule has 0 spiro atoms. The monoisotopic (exact) mass is 518 g/mol. The van der Waals surface area contributed by atoms with Gasteiger partial charge >= 0.3 is 0 Å². The van der Waals surface area contributed by atoms with Gasteiger partial charge < -0.3 is 11.1 Å². The van der Waals surface area contributed by atoms with Crippen molar-refractivity contribution in [2.45, 2.75) is 0 Å². The van der Waals surface area contributed by atoms with Crippen LogP contribution in [-0.2, 0) is 0 Å². The van der Waals surface area contributed by atoms with Crippen LogP contribution >= 0.6 is 34.5 Å². The number of carbonyl (C=O) groups is 1. The Balaban J connectivity index is 1.84. The second-order valence-electron chi connectivity index (χ2n) is 7.14. The fraction of sp³-hybridized carbons (Fsp3) is 0. The number of carbonyl (C=O) groups excluding carboxylic acids is 1. The Morgan fingerprint density at radius 1 is 1.17 bits per heavy atom. The molecule has 0 radical (unpaired) electrons. The van der Waals surface area contributed by atoms with Gasteiger partial charge in [-0.05, 0) is 42.0 Å². The van der Waals surface area contributed by atoms with E-state index in [2.05, 4.69) is 21.4 Å². The molecule has 35 heavy (non-hydrogen) atoms. The standard InChI is InChI=1S/C25H16Cl2N6OS/c26-16-6-7-17(19(27)11-16)21-18(12-28)22(35-23(21)24(30)32-13-29)15-8-9-31-20(10-15)33-25(34)14-4-2-1-3-5-14/h1-11,13H,(H3,29,30,32)(H,31,33,34). The quantitative estimate of drug-likeness (QED) is 0.206. The molecule has 0 aliphatic heterocycles. The number of nitrogens with two attached hydrogens (primary N) is 1. The Hall–Kier alpha value is -4.03. The van der Waals surface area contributed by atoms with Crippen molar-refractivity contribution in [2.24, 2.45) is 10.7 Å². The number of rotatable bonds is 6. The molecule has 7 nitrogen and oxygen atoms in total. The summed E-state index contributed by atoms with van der Waals surface area (Å²) in [5.41, 5.74) is 8.66. The summed E-state index contributed by atoms with van der Waals surface area (Å²) in [5, 5.41) is 21.0. The van der Waals surface area contributed by atoms with Crippen LogP contribution in [-0.4, -0.2) is 23.1 Å². The Morgan fingerprint density at radius 2 is 1.94 bits per heavy atom. The first-order valence-electron chi connectivity index (χ1n) is 10.1. The van der Waals surface area contributed by atoms with Gasteiger partial charge in [0.1, 0.15) is 24.1 Å². The van der Waals surface area contributed by atoms with Crippen LogP contribution < -0.4 is 11.1 Å². The summed E-state index contributed by atoms with van der Waals surface area (Å²) in [6.07, 6.45) is 2.37. The molecule has 0 aliphatic rings. The van der Waals surface area contributed by atoms with Gasteiger partial charge in [-0.15, -0.1) is 11.3 Å². The molecule has 0 bridgehead atoms. The largest absolute Gasteiger partial charge is 0.382 e. The highest BCUT2D eigenvalue weighted by Gasteiger charge is 2.25. The minimum Gasteiger partial charge on any atom is -0.382 e. The van der Waals surface area contributed by atoms with Crippen LogP contribution in [0.15, 0.2) is 71.9 Å². The van der Waals surface area contributed by atoms with Crippen LogP contribution in [0.5, 0.6) is 0 Å². The van der Waals surface area contributed by atoms with Crippen LogP contribution in [0.1, 0.15) is 20.8 Å². The van der Waals surface area contributed by atoms with Crippen LogP contribution in [0.3, 0.4) is 0 Å². The molecule has 0 fully saturated rings. The van der Waals surface area contributed by atoms with E-state index in [0.717, 1.165) is 6.34 Å². The highest BCUT2D eigenvalue weighted by Crippen LogP contribution is 2.44. The normalized spacial score (nSPS) is 11.1. The number of nitrogens with one attached hydrogen (secondary N) is 2. The molecule has 1 amide bonds. The lowest BCUT2D eigenvalue weighted by atomic mass is 9.98. The van der Waals surface area contributed by atoms with Crippen LogP contribution in [0.4, 0.5) is 5.82 Å². The summed E-state index contributed by atoms with van der Waals surface area (Å²) < 4.78 is 0. The maximum atomic E-state index is 12.6. The lowest BCUT2D eigenvalue weighted by Gasteiger charge is -2.08. The van der Waals surface area contributed by atoms with E-state index in [1.54, 1.807) is 60.8 Å². The number of aromatic nitrogens is 1. The highest BCUT2D eigenvalue weighted by molar-refractivity contribution is 7.18. The van der Waals surface area contributed by atoms with E-state index in [1.807, 2.05) is 6.07 Å². The van der Waals surface area contributed by atoms with Gasteiger partial charge in [0.05, 0.1) is 15.3 Å². The Kier molecular flexibility index (Phi) is 7.22. The fourth-order valence-electron chi connectivity index (χ4n) is 3.42. The maximum Gasteiger partial charge on any atom is 0.256 e. The third-order valence-corrected chi connectivity index (χ3v) is 6.77. The summed E-state index contributed by atoms with van der Waals surface area (Å²) in [4.78, 5) is 21.8. The molecule has 2 heterocycles. The lowest BCUT2D eigenvalue weighted by molar-refractivity contribution is 0.102. The molecule has 10 heteroatoms. The number of amides is 1. The number of nitrogens with zero attached hydrogens (tertiary/aromatic N) is 3. The highest BCUT2D eigenvalue weighted by atomic mass is 35.5. The van der Waals surface area contributed by atoms with Crippen molar-refractivity contribution in [3.8, 4) is 27.6 Å². The fourth-order valence-corrected chi connectivity index (χ4v) is 5.09. The topological polar surface area (TPSA) is 128 Å². The third-order valence-electron chi connectivity index (χ3n) is 4.96. The van der Waals surface area contributed by atoms with Crippen molar-refractivity contribution in [1.29, 1.82) is 10.7 Å². The number of nitriles is 1. The van der Waals surface area contributed by atoms with Gasteiger partial charge in [0.2, 0.25) is 0 Å². The summed E-state index contributed by atoms with van der Waals surface area (Å²) in [7, 11) is 0. The first-order chi connectivity index (χ1) is 16.9. The summed E-state index contributed by atoms with van der Waals surface area (Å²) in [6, 6.07) is 19.4. The van der Waals surface area contributed by atoms with Gasteiger partial charge in [-0.2, -0.15) is 5.26 Å². The molecule has 0 saturated heterocycles. The van der Waals surface area contributed by atoms with Gasteiger partial charge in [-0.25, -0.2) is 9.98 Å². The SMILES string of the molecule is N#Cc1c(-c2ccnc(NC(=O)c3ccccc3)c2)sc(C(N)=NC=N)c1-c1ccc(Cl)cc1Cl. The number of pyridine rings is 1. The number of aliphatic imine (C=N–C) groups is 1. The van der Waals surface area contributed by atoms with Crippen molar-refractivity contribution in [1.82, 2.24) is 4.98 Å². The molecule has 172 valence electrons. The molecular weight excluding hydrogens is 503 g/mol. The van der Waals surface area contributed by atoms with Gasteiger partial charge in [0.25, 0.3) is 5.91 Å². The Morgan fingerprint density at radius 3 is 2.63 bits per heavy atom. The number of benzene rings is 2. The van der Waals surface area contributed by atoms with Crippen molar-refractivity contribution >= 4 is 58.4 Å². The minimum atomic E-state index is -0.307. The number of thiophene rings is 1. The summed E-state index contributed by atoms with van der Waals surface area (Å²) >= 11 is 13.8. The first kappa shape index (κ1) is 24.1. The second kappa shape index (κ2) is 10.5. The van der Waals surface area contributed by atoms with Gasteiger partial charge in [-0.3, -0.25) is 10.2 Å². The first-order valence-corrected chi connectivity index (χ1v) is 11.7. The van der Waals surface area contributed by atoms with E-state index in [4.69, 9.17) is 34.3 Å². The van der Waals surface area contributed by atoms with Crippen LogP contribution in [0, 0.1) is 16.7 Å². The third kappa shape index (κ3) is 5.08. The number of halogens is 2. The molecule has 4 rings (SSSR count). The summed E-state index contributed by atoms with van der Waals surface area (Å²) in [5.74, 6) is 0.0847. The maximum absolute atomic E-state index is 12.6. The van der Waals surface area contributed by atoms with Crippen molar-refractivity contribution < 1.29 is 4.79 Å². The second-order valence-corrected chi connectivity index (χ2v) is 9.00. The number of hydrogen-bond acceptors (Lipinski definition) is 5. The molecule has 2 aromatic carbocycles. The van der Waals surface area contributed by atoms with Crippen LogP contribution in [0.25, 0.3) is 21.6 Å². The average Bonchev–Trinajstić information content (AvgIpc) is 3.24. The number of hydrogen-bond donors (Lipinski definition) is 3. The van der Waals surface area contributed by atoms with Gasteiger partial charge in [0, 0.05) is 32.9 Å². The Labute approximate surface area is 215 Å². The predicted octanol–water partition coefficient (Wildman–Crippen LogP) is 6.22. The summed E-state index contributed by atoms with van der Waals surface area (Å²) in [6.45, 7) is 0. The lowest BCUT2D eigenvalue weighted by Crippen LogP contribution is -2.12. The minimum absolute atomic E-state index is 0.0698. The average molecular weight is 519 g/mol. The van der Waals surface area contributed by atoms with Crippen molar-refractivity contribution in [3.63, 3.8) is 0 Å². The molecule has 0 aliphatic carbocycles. The van der Waals surface area contributed by atoms with Crippen molar-refractivity contribution in [3.05, 3.63) is 92.9 Å². The van der Waals surface area contributed by atoms with E-state index in [1.165, 1.54) is 11.3 Å². The molecule has 2 aromatic heterocycles. The number of amidine groups is 1. The zero-order valence-electron chi connectivity index (χ0n) is 17.9. The molecule has 0 saturated carbocycles. The van der Waals surface area contributed by atoms with E-state index in [-0.39, 0.29) is 11.7 Å². The predicted molar refractivity (Wildman–Crippen MR) is 142 cm³/mol. The zero-order valence-corrected chi connectivity index (χ0v) is 20.2. The molecule has 0 atom stereocenters. The van der Waals surface area contributed by atoms with Crippen molar-refractivity contribution in [2.75, 3.05) is 5.32 Å². The van der Waals surface area contributed by atoms with Gasteiger partial charge in [-0.1, -0.05) is 47.5 Å². The van der Waals surface area contributed by atoms with Crippen LogP contribution in [0.2, 0.25) is 10.0 Å². The zero-order chi connectivity index (χ0) is 24.9. The Bertz CT molecular complexity index is 1510. The van der Waals surface area contributed by atoms with E-state index in [0.29, 0.717) is 53.4 Å². The molecule has 4 N–H and O–H groups in total. The van der Waals surface area contributed by atoms with E-state index < -0.39 is 0 Å². The van der Waals surface area contributed by atoms with E-state index in [9.17, 15) is 10.1 Å². The molecule has 4 aromatic rings. The molecule has 0 unspecified atom stereocenters. The van der Waals surface area contributed by atoms with E-state index >= 15 is 0 Å². The molecular formula is C25H16Cl2N6OS. The number of anilines is 1. The smallest absolute Gasteiger partial charge is 0.256 e. The van der Waals surface area contributed by atoms with Gasteiger partial charge in [0.15, 0.2) is 0 Å².